The first-order valence-electron chi connectivity index (χ1n) is 7.13. The zero-order chi connectivity index (χ0) is 14.2. The minimum atomic E-state index is 0.545. The third-order valence-electron chi connectivity index (χ3n) is 3.33. The summed E-state index contributed by atoms with van der Waals surface area (Å²) < 4.78 is 5.13. The van der Waals surface area contributed by atoms with Gasteiger partial charge >= 0.3 is 0 Å². The first-order valence-corrected chi connectivity index (χ1v) is 7.13. The fourth-order valence-electron chi connectivity index (χ4n) is 2.25. The molecule has 1 atom stereocenters. The van der Waals surface area contributed by atoms with Crippen LogP contribution in [0.5, 0.6) is 0 Å². The molecule has 0 fully saturated rings. The second-order valence-corrected chi connectivity index (χ2v) is 5.25. The highest BCUT2D eigenvalue weighted by atomic mass is 16.5. The van der Waals surface area contributed by atoms with Crippen molar-refractivity contribution < 1.29 is 4.74 Å². The van der Waals surface area contributed by atoms with Gasteiger partial charge in [0.1, 0.15) is 0 Å². The first-order chi connectivity index (χ1) is 9.79. The molecule has 2 nitrogen and oxygen atoms in total. The standard InChI is InChI=1S/C18H23NO/c1-15(14-20-2)12-19-13-16-8-10-18(11-9-16)17-6-4-3-5-7-17/h3-11,15,19H,12-14H2,1-2H3. The molecule has 1 unspecified atom stereocenters. The van der Waals surface area contributed by atoms with Crippen molar-refractivity contribution in [3.63, 3.8) is 0 Å². The Morgan fingerprint density at radius 2 is 1.60 bits per heavy atom. The molecule has 0 saturated heterocycles. The smallest absolute Gasteiger partial charge is 0.0499 e. The molecule has 0 amide bonds. The van der Waals surface area contributed by atoms with Crippen LogP contribution in [-0.2, 0) is 11.3 Å². The highest BCUT2D eigenvalue weighted by molar-refractivity contribution is 5.63. The van der Waals surface area contributed by atoms with E-state index in [1.807, 2.05) is 6.07 Å². The lowest BCUT2D eigenvalue weighted by Crippen LogP contribution is -2.23. The van der Waals surface area contributed by atoms with Crippen molar-refractivity contribution in [2.45, 2.75) is 13.5 Å². The van der Waals surface area contributed by atoms with E-state index in [1.165, 1.54) is 16.7 Å². The van der Waals surface area contributed by atoms with Gasteiger partial charge in [-0.05, 0) is 22.6 Å². The minimum Gasteiger partial charge on any atom is -0.384 e. The molecule has 0 spiro atoms. The lowest BCUT2D eigenvalue weighted by molar-refractivity contribution is 0.158. The Balaban J connectivity index is 1.86. The van der Waals surface area contributed by atoms with Crippen molar-refractivity contribution in [3.05, 3.63) is 60.2 Å². The molecule has 1 N–H and O–H groups in total. The first kappa shape index (κ1) is 14.8. The molecule has 106 valence electrons. The number of methoxy groups -OCH3 is 1. The van der Waals surface area contributed by atoms with Crippen LogP contribution in [0.4, 0.5) is 0 Å². The largest absolute Gasteiger partial charge is 0.384 e. The van der Waals surface area contributed by atoms with Gasteiger partial charge in [0.25, 0.3) is 0 Å². The predicted octanol–water partition coefficient (Wildman–Crippen LogP) is 3.73. The molecular weight excluding hydrogens is 246 g/mol. The molecule has 0 bridgehead atoms. The summed E-state index contributed by atoms with van der Waals surface area (Å²) in [6.07, 6.45) is 0. The van der Waals surface area contributed by atoms with Gasteiger partial charge < -0.3 is 10.1 Å². The van der Waals surface area contributed by atoms with E-state index >= 15 is 0 Å². The van der Waals surface area contributed by atoms with Crippen LogP contribution in [0.1, 0.15) is 12.5 Å². The average Bonchev–Trinajstić information content (AvgIpc) is 2.49. The van der Waals surface area contributed by atoms with Gasteiger partial charge in [-0.2, -0.15) is 0 Å². The van der Waals surface area contributed by atoms with Crippen LogP contribution in [0, 0.1) is 5.92 Å². The van der Waals surface area contributed by atoms with Gasteiger partial charge in [0.05, 0.1) is 0 Å². The van der Waals surface area contributed by atoms with Crippen molar-refractivity contribution in [1.29, 1.82) is 0 Å². The maximum Gasteiger partial charge on any atom is 0.0499 e. The van der Waals surface area contributed by atoms with Crippen LogP contribution in [0.2, 0.25) is 0 Å². The molecule has 0 radical (unpaired) electrons. The normalized spacial score (nSPS) is 12.3. The molecular formula is C18H23NO. The van der Waals surface area contributed by atoms with E-state index in [0.717, 1.165) is 19.7 Å². The summed E-state index contributed by atoms with van der Waals surface area (Å²) >= 11 is 0. The van der Waals surface area contributed by atoms with E-state index in [2.05, 4.69) is 60.8 Å². The summed E-state index contributed by atoms with van der Waals surface area (Å²) in [5, 5.41) is 3.47. The number of ether oxygens (including phenoxy) is 1. The maximum atomic E-state index is 5.13. The van der Waals surface area contributed by atoms with Gasteiger partial charge in [0.15, 0.2) is 0 Å². The monoisotopic (exact) mass is 269 g/mol. The van der Waals surface area contributed by atoms with E-state index in [-0.39, 0.29) is 0 Å². The Kier molecular flexibility index (Phi) is 5.78. The summed E-state index contributed by atoms with van der Waals surface area (Å²) in [7, 11) is 1.75. The predicted molar refractivity (Wildman–Crippen MR) is 84.6 cm³/mol. The third kappa shape index (κ3) is 4.48. The quantitative estimate of drug-likeness (QED) is 0.827. The number of nitrogens with one attached hydrogen (secondary N) is 1. The summed E-state index contributed by atoms with van der Waals surface area (Å²) in [6, 6.07) is 19.2. The van der Waals surface area contributed by atoms with E-state index in [0.29, 0.717) is 5.92 Å². The van der Waals surface area contributed by atoms with Crippen molar-refractivity contribution >= 4 is 0 Å². The van der Waals surface area contributed by atoms with Crippen molar-refractivity contribution in [2.24, 2.45) is 5.92 Å². The van der Waals surface area contributed by atoms with Gasteiger partial charge in [-0.25, -0.2) is 0 Å². The molecule has 2 aromatic carbocycles. The highest BCUT2D eigenvalue weighted by Crippen LogP contribution is 2.19. The fraction of sp³-hybridized carbons (Fsp3) is 0.333. The minimum absolute atomic E-state index is 0.545. The molecule has 0 aliphatic heterocycles. The second-order valence-electron chi connectivity index (χ2n) is 5.25. The van der Waals surface area contributed by atoms with Gasteiger partial charge in [-0.1, -0.05) is 61.5 Å². The number of benzene rings is 2. The molecule has 0 heterocycles. The zero-order valence-electron chi connectivity index (χ0n) is 12.3. The summed E-state index contributed by atoms with van der Waals surface area (Å²) in [5.41, 5.74) is 3.84. The van der Waals surface area contributed by atoms with E-state index < -0.39 is 0 Å². The van der Waals surface area contributed by atoms with Gasteiger partial charge in [0.2, 0.25) is 0 Å². The van der Waals surface area contributed by atoms with E-state index in [9.17, 15) is 0 Å². The lowest BCUT2D eigenvalue weighted by Gasteiger charge is -2.11. The van der Waals surface area contributed by atoms with Gasteiger partial charge in [-0.3, -0.25) is 0 Å². The number of hydrogen-bond acceptors (Lipinski definition) is 2. The van der Waals surface area contributed by atoms with Crippen LogP contribution in [0.15, 0.2) is 54.6 Å². The van der Waals surface area contributed by atoms with Crippen LogP contribution >= 0.6 is 0 Å². The fourth-order valence-corrected chi connectivity index (χ4v) is 2.25. The van der Waals surface area contributed by atoms with Crippen LogP contribution in [0.3, 0.4) is 0 Å². The van der Waals surface area contributed by atoms with Gasteiger partial charge in [-0.15, -0.1) is 0 Å². The summed E-state index contributed by atoms with van der Waals surface area (Å²) in [4.78, 5) is 0. The average molecular weight is 269 g/mol. The Morgan fingerprint density at radius 3 is 2.25 bits per heavy atom. The lowest BCUT2D eigenvalue weighted by atomic mass is 10.0. The van der Waals surface area contributed by atoms with E-state index in [4.69, 9.17) is 4.74 Å². The highest BCUT2D eigenvalue weighted by Gasteiger charge is 2.01. The molecule has 0 aliphatic carbocycles. The Bertz CT molecular complexity index is 493. The van der Waals surface area contributed by atoms with Crippen LogP contribution in [-0.4, -0.2) is 20.3 Å². The topological polar surface area (TPSA) is 21.3 Å². The Labute approximate surface area is 121 Å². The van der Waals surface area contributed by atoms with Crippen LogP contribution in [0.25, 0.3) is 11.1 Å². The molecule has 2 rings (SSSR count). The Morgan fingerprint density at radius 1 is 0.950 bits per heavy atom. The van der Waals surface area contributed by atoms with Crippen molar-refractivity contribution in [3.8, 4) is 11.1 Å². The van der Waals surface area contributed by atoms with Crippen molar-refractivity contribution in [2.75, 3.05) is 20.3 Å². The zero-order valence-corrected chi connectivity index (χ0v) is 12.3. The Hall–Kier alpha value is -1.64. The molecule has 0 saturated carbocycles. The molecule has 20 heavy (non-hydrogen) atoms. The second kappa shape index (κ2) is 7.83. The van der Waals surface area contributed by atoms with Crippen LogP contribution < -0.4 is 5.32 Å². The molecule has 0 aromatic heterocycles. The molecule has 2 aromatic rings. The van der Waals surface area contributed by atoms with Crippen molar-refractivity contribution in [1.82, 2.24) is 5.32 Å². The summed E-state index contributed by atoms with van der Waals surface area (Å²) in [5.74, 6) is 0.545. The SMILES string of the molecule is COCC(C)CNCc1ccc(-c2ccccc2)cc1. The summed E-state index contributed by atoms with van der Waals surface area (Å²) in [6.45, 7) is 4.88. The number of rotatable bonds is 7. The third-order valence-corrected chi connectivity index (χ3v) is 3.33. The number of hydrogen-bond donors (Lipinski definition) is 1. The molecule has 0 aliphatic rings. The maximum absolute atomic E-state index is 5.13. The van der Waals surface area contributed by atoms with E-state index in [1.54, 1.807) is 7.11 Å². The molecule has 2 heteroatoms. The van der Waals surface area contributed by atoms with Gasteiger partial charge in [0, 0.05) is 26.8 Å².